The number of hydrogen-bond acceptors (Lipinski definition) is 2. The van der Waals surface area contributed by atoms with Gasteiger partial charge in [-0.1, -0.05) is 24.6 Å². The van der Waals surface area contributed by atoms with Crippen LogP contribution in [0.4, 0.5) is 5.69 Å². The number of halogens is 1. The van der Waals surface area contributed by atoms with Crippen molar-refractivity contribution in [3.05, 3.63) is 28.8 Å². The smallest absolute Gasteiger partial charge is 0.227 e. The number of carbonyl (C=O) groups is 1. The predicted octanol–water partition coefficient (Wildman–Crippen LogP) is 2.57. The highest BCUT2D eigenvalue weighted by Crippen LogP contribution is 2.20. The van der Waals surface area contributed by atoms with E-state index in [0.717, 1.165) is 11.3 Å². The Morgan fingerprint density at radius 3 is 2.81 bits per heavy atom. The Hall–Kier alpha value is -1.06. The van der Waals surface area contributed by atoms with Gasteiger partial charge in [-0.2, -0.15) is 0 Å². The average molecular weight is 241 g/mol. The van der Waals surface area contributed by atoms with Crippen molar-refractivity contribution in [2.24, 2.45) is 11.7 Å². The zero-order valence-corrected chi connectivity index (χ0v) is 10.3. The quantitative estimate of drug-likeness (QED) is 0.850. The van der Waals surface area contributed by atoms with E-state index in [2.05, 4.69) is 5.32 Å². The summed E-state index contributed by atoms with van der Waals surface area (Å²) in [7, 11) is 0. The molecule has 1 unspecified atom stereocenters. The molecule has 1 aromatic rings. The van der Waals surface area contributed by atoms with Crippen LogP contribution >= 0.6 is 11.6 Å². The van der Waals surface area contributed by atoms with Gasteiger partial charge in [-0.3, -0.25) is 4.79 Å². The largest absolute Gasteiger partial charge is 0.330 e. The van der Waals surface area contributed by atoms with E-state index < -0.39 is 0 Å². The second kappa shape index (κ2) is 5.87. The van der Waals surface area contributed by atoms with Crippen LogP contribution in [-0.2, 0) is 4.79 Å². The standard InChI is InChI=1S/C12H17ClN2O/c1-8-3-4-10(7-11(8)13)15-12(16)9(2)5-6-14/h3-4,7,9H,5-6,14H2,1-2H3,(H,15,16). The summed E-state index contributed by atoms with van der Waals surface area (Å²) >= 11 is 5.97. The van der Waals surface area contributed by atoms with Crippen LogP contribution in [0.15, 0.2) is 18.2 Å². The maximum Gasteiger partial charge on any atom is 0.227 e. The Bertz CT molecular complexity index is 379. The molecule has 3 N–H and O–H groups in total. The van der Waals surface area contributed by atoms with Gasteiger partial charge in [0.15, 0.2) is 0 Å². The van der Waals surface area contributed by atoms with Gasteiger partial charge >= 0.3 is 0 Å². The summed E-state index contributed by atoms with van der Waals surface area (Å²) < 4.78 is 0. The first kappa shape index (κ1) is 13.0. The molecule has 1 amide bonds. The zero-order chi connectivity index (χ0) is 12.1. The van der Waals surface area contributed by atoms with Gasteiger partial charge in [0.25, 0.3) is 0 Å². The molecule has 0 aliphatic carbocycles. The van der Waals surface area contributed by atoms with E-state index >= 15 is 0 Å². The maximum absolute atomic E-state index is 11.7. The molecule has 1 aromatic carbocycles. The summed E-state index contributed by atoms with van der Waals surface area (Å²) in [6.45, 7) is 4.30. The topological polar surface area (TPSA) is 55.1 Å². The molecule has 0 fully saturated rings. The molecule has 0 saturated carbocycles. The van der Waals surface area contributed by atoms with Crippen molar-refractivity contribution in [3.63, 3.8) is 0 Å². The van der Waals surface area contributed by atoms with Crippen LogP contribution in [0.3, 0.4) is 0 Å². The Kier molecular flexibility index (Phi) is 4.77. The first-order valence-corrected chi connectivity index (χ1v) is 5.69. The third kappa shape index (κ3) is 3.51. The van der Waals surface area contributed by atoms with Crippen LogP contribution in [0, 0.1) is 12.8 Å². The Morgan fingerprint density at radius 1 is 1.56 bits per heavy atom. The zero-order valence-electron chi connectivity index (χ0n) is 9.59. The lowest BCUT2D eigenvalue weighted by Gasteiger charge is -2.11. The van der Waals surface area contributed by atoms with Crippen molar-refractivity contribution in [3.8, 4) is 0 Å². The molecule has 0 aliphatic rings. The van der Waals surface area contributed by atoms with E-state index in [0.29, 0.717) is 18.0 Å². The molecule has 1 atom stereocenters. The minimum absolute atomic E-state index is 0.0228. The number of anilines is 1. The molecule has 0 aromatic heterocycles. The second-order valence-electron chi connectivity index (χ2n) is 3.93. The molecule has 88 valence electrons. The number of amides is 1. The third-order valence-electron chi connectivity index (χ3n) is 2.49. The summed E-state index contributed by atoms with van der Waals surface area (Å²) in [5, 5.41) is 3.47. The molecular formula is C12H17ClN2O. The van der Waals surface area contributed by atoms with Gasteiger partial charge in [0.1, 0.15) is 0 Å². The van der Waals surface area contributed by atoms with Crippen LogP contribution < -0.4 is 11.1 Å². The van der Waals surface area contributed by atoms with Crippen molar-refractivity contribution < 1.29 is 4.79 Å². The number of aryl methyl sites for hydroxylation is 1. The SMILES string of the molecule is Cc1ccc(NC(=O)C(C)CCN)cc1Cl. The lowest BCUT2D eigenvalue weighted by molar-refractivity contribution is -0.119. The maximum atomic E-state index is 11.7. The highest BCUT2D eigenvalue weighted by Gasteiger charge is 2.12. The molecule has 4 heteroatoms. The summed E-state index contributed by atoms with van der Waals surface area (Å²) in [6.07, 6.45) is 0.686. The molecule has 0 heterocycles. The second-order valence-corrected chi connectivity index (χ2v) is 4.34. The third-order valence-corrected chi connectivity index (χ3v) is 2.89. The summed E-state index contributed by atoms with van der Waals surface area (Å²) in [5.41, 5.74) is 7.12. The van der Waals surface area contributed by atoms with Crippen molar-refractivity contribution in [1.29, 1.82) is 0 Å². The normalized spacial score (nSPS) is 12.2. The molecule has 0 bridgehead atoms. The molecule has 16 heavy (non-hydrogen) atoms. The lowest BCUT2D eigenvalue weighted by atomic mass is 10.1. The van der Waals surface area contributed by atoms with Crippen molar-refractivity contribution in [1.82, 2.24) is 0 Å². The summed E-state index contributed by atoms with van der Waals surface area (Å²) in [6, 6.07) is 5.48. The first-order chi connectivity index (χ1) is 7.54. The number of nitrogens with one attached hydrogen (secondary N) is 1. The van der Waals surface area contributed by atoms with Gasteiger partial charge in [0, 0.05) is 16.6 Å². The molecule has 0 radical (unpaired) electrons. The van der Waals surface area contributed by atoms with Crippen molar-refractivity contribution in [2.45, 2.75) is 20.3 Å². The van der Waals surface area contributed by atoms with Crippen LogP contribution in [0.5, 0.6) is 0 Å². The van der Waals surface area contributed by atoms with E-state index in [4.69, 9.17) is 17.3 Å². The lowest BCUT2D eigenvalue weighted by Crippen LogP contribution is -2.22. The average Bonchev–Trinajstić information content (AvgIpc) is 2.24. The van der Waals surface area contributed by atoms with E-state index in [9.17, 15) is 4.79 Å². The molecular weight excluding hydrogens is 224 g/mol. The molecule has 0 saturated heterocycles. The Labute approximate surface area is 101 Å². The van der Waals surface area contributed by atoms with Crippen LogP contribution in [-0.4, -0.2) is 12.5 Å². The number of hydrogen-bond donors (Lipinski definition) is 2. The van der Waals surface area contributed by atoms with Crippen molar-refractivity contribution in [2.75, 3.05) is 11.9 Å². The molecule has 3 nitrogen and oxygen atoms in total. The molecule has 0 aliphatic heterocycles. The fourth-order valence-electron chi connectivity index (χ4n) is 1.32. The van der Waals surface area contributed by atoms with E-state index in [1.807, 2.05) is 26.0 Å². The minimum atomic E-state index is -0.0786. The number of rotatable bonds is 4. The summed E-state index contributed by atoms with van der Waals surface area (Å²) in [5.74, 6) is -0.101. The van der Waals surface area contributed by atoms with Gasteiger partial charge < -0.3 is 11.1 Å². The van der Waals surface area contributed by atoms with Gasteiger partial charge in [-0.25, -0.2) is 0 Å². The molecule has 1 rings (SSSR count). The fourth-order valence-corrected chi connectivity index (χ4v) is 1.50. The minimum Gasteiger partial charge on any atom is -0.330 e. The Balaban J connectivity index is 2.66. The van der Waals surface area contributed by atoms with Crippen LogP contribution in [0.1, 0.15) is 18.9 Å². The summed E-state index contributed by atoms with van der Waals surface area (Å²) in [4.78, 5) is 11.7. The van der Waals surface area contributed by atoms with Gasteiger partial charge in [0.2, 0.25) is 5.91 Å². The van der Waals surface area contributed by atoms with Gasteiger partial charge in [-0.05, 0) is 37.6 Å². The number of carbonyl (C=O) groups excluding carboxylic acids is 1. The van der Waals surface area contributed by atoms with Crippen molar-refractivity contribution >= 4 is 23.2 Å². The van der Waals surface area contributed by atoms with Crippen LogP contribution in [0.25, 0.3) is 0 Å². The van der Waals surface area contributed by atoms with E-state index in [1.165, 1.54) is 0 Å². The number of benzene rings is 1. The number of nitrogens with two attached hydrogens (primary N) is 1. The predicted molar refractivity (Wildman–Crippen MR) is 67.7 cm³/mol. The van der Waals surface area contributed by atoms with E-state index in [-0.39, 0.29) is 11.8 Å². The first-order valence-electron chi connectivity index (χ1n) is 5.31. The fraction of sp³-hybridized carbons (Fsp3) is 0.417. The van der Waals surface area contributed by atoms with E-state index in [1.54, 1.807) is 6.07 Å². The monoisotopic (exact) mass is 240 g/mol. The molecule has 0 spiro atoms. The Morgan fingerprint density at radius 2 is 2.25 bits per heavy atom. The van der Waals surface area contributed by atoms with Gasteiger partial charge in [0.05, 0.1) is 0 Å². The van der Waals surface area contributed by atoms with Crippen LogP contribution in [0.2, 0.25) is 5.02 Å². The van der Waals surface area contributed by atoms with Gasteiger partial charge in [-0.15, -0.1) is 0 Å². The highest BCUT2D eigenvalue weighted by molar-refractivity contribution is 6.31. The highest BCUT2D eigenvalue weighted by atomic mass is 35.5.